The minimum absolute atomic E-state index is 0.0838. The van der Waals surface area contributed by atoms with E-state index in [0.29, 0.717) is 5.92 Å². The van der Waals surface area contributed by atoms with Crippen LogP contribution in [-0.4, -0.2) is 36.2 Å². The topological polar surface area (TPSA) is 41.6 Å². The first-order valence-corrected chi connectivity index (χ1v) is 7.89. The monoisotopic (exact) mass is 288 g/mol. The second kappa shape index (κ2) is 6.16. The normalized spacial score (nSPS) is 28.9. The third kappa shape index (κ3) is 2.83. The van der Waals surface area contributed by atoms with Crippen molar-refractivity contribution in [3.63, 3.8) is 0 Å². The third-order valence-corrected chi connectivity index (χ3v) is 4.85. The van der Waals surface area contributed by atoms with Crippen molar-refractivity contribution >= 4 is 5.91 Å². The molecule has 0 bridgehead atoms. The van der Waals surface area contributed by atoms with Gasteiger partial charge in [0.05, 0.1) is 6.17 Å². The molecule has 1 amide bonds. The molecule has 3 unspecified atom stereocenters. The van der Waals surface area contributed by atoms with Crippen molar-refractivity contribution in [1.82, 2.24) is 10.2 Å². The Hall–Kier alpha value is -1.39. The predicted molar refractivity (Wildman–Crippen MR) is 81.6 cm³/mol. The molecule has 0 radical (unpaired) electrons. The number of rotatable bonds is 3. The van der Waals surface area contributed by atoms with Crippen molar-refractivity contribution in [3.05, 3.63) is 35.9 Å². The SMILES string of the molecule is CC1NC(c2ccccc2)C(=O)N1C(C)C1CCOCC1. The van der Waals surface area contributed by atoms with Crippen LogP contribution in [0.15, 0.2) is 30.3 Å². The van der Waals surface area contributed by atoms with Gasteiger partial charge in [0.1, 0.15) is 6.04 Å². The molecule has 3 atom stereocenters. The maximum Gasteiger partial charge on any atom is 0.245 e. The number of nitrogens with zero attached hydrogens (tertiary/aromatic N) is 1. The van der Waals surface area contributed by atoms with E-state index in [0.717, 1.165) is 31.6 Å². The van der Waals surface area contributed by atoms with E-state index in [-0.39, 0.29) is 24.2 Å². The lowest BCUT2D eigenvalue weighted by Gasteiger charge is -2.36. The Morgan fingerprint density at radius 3 is 2.57 bits per heavy atom. The molecular weight excluding hydrogens is 264 g/mol. The zero-order chi connectivity index (χ0) is 14.8. The Bertz CT molecular complexity index is 485. The zero-order valence-electron chi connectivity index (χ0n) is 12.8. The van der Waals surface area contributed by atoms with Crippen LogP contribution in [0.3, 0.4) is 0 Å². The molecule has 0 aromatic heterocycles. The lowest BCUT2D eigenvalue weighted by Crippen LogP contribution is -2.46. The summed E-state index contributed by atoms with van der Waals surface area (Å²) >= 11 is 0. The molecule has 2 fully saturated rings. The molecular formula is C17H24N2O2. The van der Waals surface area contributed by atoms with Crippen molar-refractivity contribution in [2.75, 3.05) is 13.2 Å². The van der Waals surface area contributed by atoms with Crippen LogP contribution in [0, 0.1) is 5.92 Å². The molecule has 2 aliphatic rings. The summed E-state index contributed by atoms with van der Waals surface area (Å²) in [6.07, 6.45) is 2.18. The van der Waals surface area contributed by atoms with Crippen molar-refractivity contribution < 1.29 is 9.53 Å². The first kappa shape index (κ1) is 14.5. The van der Waals surface area contributed by atoms with E-state index >= 15 is 0 Å². The lowest BCUT2D eigenvalue weighted by atomic mass is 9.91. The number of ether oxygens (including phenoxy) is 1. The van der Waals surface area contributed by atoms with E-state index in [9.17, 15) is 4.79 Å². The molecule has 1 aromatic carbocycles. The fraction of sp³-hybridized carbons (Fsp3) is 0.588. The van der Waals surface area contributed by atoms with Crippen LogP contribution in [0.2, 0.25) is 0 Å². The van der Waals surface area contributed by atoms with Gasteiger partial charge >= 0.3 is 0 Å². The maximum absolute atomic E-state index is 12.8. The van der Waals surface area contributed by atoms with Crippen molar-refractivity contribution in [2.24, 2.45) is 5.92 Å². The van der Waals surface area contributed by atoms with Crippen molar-refractivity contribution in [2.45, 2.75) is 44.9 Å². The lowest BCUT2D eigenvalue weighted by molar-refractivity contribution is -0.133. The highest BCUT2D eigenvalue weighted by Gasteiger charge is 2.41. The first-order chi connectivity index (χ1) is 10.2. The van der Waals surface area contributed by atoms with E-state index in [1.54, 1.807) is 0 Å². The first-order valence-electron chi connectivity index (χ1n) is 7.89. The number of carbonyl (C=O) groups excluding carboxylic acids is 1. The summed E-state index contributed by atoms with van der Waals surface area (Å²) in [7, 11) is 0. The number of nitrogens with one attached hydrogen (secondary N) is 1. The van der Waals surface area contributed by atoms with Crippen molar-refractivity contribution in [3.8, 4) is 0 Å². The second-order valence-electron chi connectivity index (χ2n) is 6.12. The molecule has 4 nitrogen and oxygen atoms in total. The van der Waals surface area contributed by atoms with Crippen LogP contribution in [0.1, 0.15) is 38.3 Å². The van der Waals surface area contributed by atoms with Crippen LogP contribution in [0.5, 0.6) is 0 Å². The fourth-order valence-electron chi connectivity index (χ4n) is 3.60. The average molecular weight is 288 g/mol. The van der Waals surface area contributed by atoms with Gasteiger partial charge in [0.2, 0.25) is 5.91 Å². The minimum atomic E-state index is -0.205. The van der Waals surface area contributed by atoms with Crippen LogP contribution < -0.4 is 5.32 Å². The van der Waals surface area contributed by atoms with Crippen LogP contribution in [0.25, 0.3) is 0 Å². The summed E-state index contributed by atoms with van der Waals surface area (Å²) in [5.41, 5.74) is 1.05. The summed E-state index contributed by atoms with van der Waals surface area (Å²) in [5, 5.41) is 3.44. The smallest absolute Gasteiger partial charge is 0.245 e. The van der Waals surface area contributed by atoms with Gasteiger partial charge in [-0.2, -0.15) is 0 Å². The molecule has 2 saturated heterocycles. The Balaban J connectivity index is 1.75. The van der Waals surface area contributed by atoms with Crippen LogP contribution in [-0.2, 0) is 9.53 Å². The summed E-state index contributed by atoms with van der Waals surface area (Å²) < 4.78 is 5.44. The van der Waals surface area contributed by atoms with Gasteiger partial charge in [-0.05, 0) is 38.2 Å². The number of carbonyl (C=O) groups is 1. The zero-order valence-corrected chi connectivity index (χ0v) is 12.8. The highest BCUT2D eigenvalue weighted by atomic mass is 16.5. The van der Waals surface area contributed by atoms with Gasteiger partial charge in [0, 0.05) is 19.3 Å². The minimum Gasteiger partial charge on any atom is -0.381 e. The molecule has 2 aliphatic heterocycles. The Kier molecular flexibility index (Phi) is 4.27. The Labute approximate surface area is 126 Å². The number of benzene rings is 1. The van der Waals surface area contributed by atoms with Crippen molar-refractivity contribution in [1.29, 1.82) is 0 Å². The molecule has 114 valence electrons. The number of hydrogen-bond donors (Lipinski definition) is 1. The highest BCUT2D eigenvalue weighted by Crippen LogP contribution is 2.30. The molecule has 4 heteroatoms. The molecule has 1 aromatic rings. The van der Waals surface area contributed by atoms with Gasteiger partial charge in [0.25, 0.3) is 0 Å². The maximum atomic E-state index is 12.8. The fourth-order valence-corrected chi connectivity index (χ4v) is 3.60. The Morgan fingerprint density at radius 2 is 1.90 bits per heavy atom. The molecule has 3 rings (SSSR count). The summed E-state index contributed by atoms with van der Waals surface area (Å²) in [6, 6.07) is 10.0. The van der Waals surface area contributed by atoms with Crippen LogP contribution >= 0.6 is 0 Å². The summed E-state index contributed by atoms with van der Waals surface area (Å²) in [4.78, 5) is 14.9. The van der Waals surface area contributed by atoms with E-state index in [2.05, 4.69) is 19.2 Å². The van der Waals surface area contributed by atoms with E-state index in [1.165, 1.54) is 0 Å². The molecule has 0 aliphatic carbocycles. The highest BCUT2D eigenvalue weighted by molar-refractivity contribution is 5.85. The van der Waals surface area contributed by atoms with E-state index < -0.39 is 0 Å². The van der Waals surface area contributed by atoms with E-state index in [1.807, 2.05) is 35.2 Å². The van der Waals surface area contributed by atoms with E-state index in [4.69, 9.17) is 4.74 Å². The molecule has 21 heavy (non-hydrogen) atoms. The average Bonchev–Trinajstić information content (AvgIpc) is 2.83. The van der Waals surface area contributed by atoms with Gasteiger partial charge in [0.15, 0.2) is 0 Å². The Morgan fingerprint density at radius 1 is 1.24 bits per heavy atom. The summed E-state index contributed by atoms with van der Waals surface area (Å²) in [5.74, 6) is 0.745. The third-order valence-electron chi connectivity index (χ3n) is 4.85. The van der Waals surface area contributed by atoms with Gasteiger partial charge in [-0.15, -0.1) is 0 Å². The van der Waals surface area contributed by atoms with Crippen LogP contribution in [0.4, 0.5) is 0 Å². The number of amides is 1. The van der Waals surface area contributed by atoms with Gasteiger partial charge in [-0.3, -0.25) is 10.1 Å². The molecule has 0 spiro atoms. The molecule has 2 heterocycles. The van der Waals surface area contributed by atoms with Gasteiger partial charge in [-0.25, -0.2) is 0 Å². The van der Waals surface area contributed by atoms with Gasteiger partial charge < -0.3 is 9.64 Å². The molecule has 0 saturated carbocycles. The standard InChI is InChI=1S/C17H24N2O2/c1-12(14-8-10-21-11-9-14)19-13(2)18-16(17(19)20)15-6-4-3-5-7-15/h3-7,12-14,16,18H,8-11H2,1-2H3. The molecule has 1 N–H and O–H groups in total. The largest absolute Gasteiger partial charge is 0.381 e. The summed E-state index contributed by atoms with van der Waals surface area (Å²) in [6.45, 7) is 5.90. The van der Waals surface area contributed by atoms with Gasteiger partial charge in [-0.1, -0.05) is 30.3 Å². The second-order valence-corrected chi connectivity index (χ2v) is 6.12. The number of hydrogen-bond acceptors (Lipinski definition) is 3. The predicted octanol–water partition coefficient (Wildman–Crippen LogP) is 2.32. The quantitative estimate of drug-likeness (QED) is 0.928.